The SMILES string of the molecule is C.CC.Cc1ccc(C(=O)Nc2ccc(-c3cc(C(F)(F)F)nn3C)c(N)c2)cc1. The Hall–Kier alpha value is -3.29. The molecule has 30 heavy (non-hydrogen) atoms. The van der Waals surface area contributed by atoms with Gasteiger partial charge in [-0.1, -0.05) is 39.0 Å². The van der Waals surface area contributed by atoms with E-state index in [-0.39, 0.29) is 24.7 Å². The molecule has 0 aliphatic carbocycles. The molecular formula is C22H27F3N4O. The molecule has 0 bridgehead atoms. The quantitative estimate of drug-likeness (QED) is 0.517. The van der Waals surface area contributed by atoms with Crippen molar-refractivity contribution in [2.24, 2.45) is 7.05 Å². The molecule has 1 aromatic heterocycles. The van der Waals surface area contributed by atoms with Gasteiger partial charge < -0.3 is 11.1 Å². The first-order valence-corrected chi connectivity index (χ1v) is 9.04. The van der Waals surface area contributed by atoms with Gasteiger partial charge in [-0.05, 0) is 43.3 Å². The Morgan fingerprint density at radius 1 is 1.07 bits per heavy atom. The van der Waals surface area contributed by atoms with E-state index in [1.54, 1.807) is 24.3 Å². The van der Waals surface area contributed by atoms with E-state index in [1.807, 2.05) is 32.9 Å². The number of hydrogen-bond donors (Lipinski definition) is 2. The van der Waals surface area contributed by atoms with Crippen molar-refractivity contribution >= 4 is 17.3 Å². The van der Waals surface area contributed by atoms with Crippen LogP contribution in [0.25, 0.3) is 11.3 Å². The third kappa shape index (κ3) is 5.62. The summed E-state index contributed by atoms with van der Waals surface area (Å²) in [5, 5.41) is 6.20. The Balaban J connectivity index is 0.00000146. The number of nitrogens with one attached hydrogen (secondary N) is 1. The van der Waals surface area contributed by atoms with E-state index in [0.29, 0.717) is 16.8 Å². The maximum atomic E-state index is 12.8. The number of rotatable bonds is 3. The highest BCUT2D eigenvalue weighted by atomic mass is 19.4. The summed E-state index contributed by atoms with van der Waals surface area (Å²) >= 11 is 0. The van der Waals surface area contributed by atoms with Crippen LogP contribution in [0, 0.1) is 6.92 Å². The van der Waals surface area contributed by atoms with Crippen LogP contribution in [0.3, 0.4) is 0 Å². The number of anilines is 2. The van der Waals surface area contributed by atoms with Crippen molar-refractivity contribution in [3.05, 3.63) is 65.4 Å². The Kier molecular flexibility index (Phi) is 8.21. The van der Waals surface area contributed by atoms with Crippen LogP contribution in [0.2, 0.25) is 0 Å². The zero-order valence-corrected chi connectivity index (χ0v) is 16.6. The van der Waals surface area contributed by atoms with E-state index in [4.69, 9.17) is 5.73 Å². The summed E-state index contributed by atoms with van der Waals surface area (Å²) in [7, 11) is 1.41. The molecule has 5 nitrogen and oxygen atoms in total. The van der Waals surface area contributed by atoms with Crippen molar-refractivity contribution in [1.82, 2.24) is 9.78 Å². The van der Waals surface area contributed by atoms with Crippen LogP contribution in [-0.4, -0.2) is 15.7 Å². The molecule has 2 aromatic carbocycles. The monoisotopic (exact) mass is 420 g/mol. The first-order chi connectivity index (χ1) is 13.6. The van der Waals surface area contributed by atoms with E-state index in [2.05, 4.69) is 10.4 Å². The molecule has 0 atom stereocenters. The lowest BCUT2D eigenvalue weighted by Gasteiger charge is -2.10. The van der Waals surface area contributed by atoms with Gasteiger partial charge in [-0.2, -0.15) is 18.3 Å². The standard InChI is InChI=1S/C19H17F3N4O.C2H6.CH4/c1-11-3-5-12(6-4-11)18(27)24-13-7-8-14(15(23)9-13)16-10-17(19(20,21)22)25-26(16)2;1-2;/h3-10H,23H2,1-2H3,(H,24,27);1-2H3;1H4. The summed E-state index contributed by atoms with van der Waals surface area (Å²) in [5.74, 6) is -0.304. The highest BCUT2D eigenvalue weighted by Gasteiger charge is 2.34. The molecule has 3 N–H and O–H groups in total. The second-order valence-corrected chi connectivity index (χ2v) is 6.16. The van der Waals surface area contributed by atoms with Gasteiger partial charge in [0.2, 0.25) is 0 Å². The maximum Gasteiger partial charge on any atom is 0.435 e. The first kappa shape index (κ1) is 24.7. The molecular weight excluding hydrogens is 393 g/mol. The second kappa shape index (κ2) is 9.96. The normalized spacial score (nSPS) is 10.5. The van der Waals surface area contributed by atoms with Crippen LogP contribution >= 0.6 is 0 Å². The number of halogens is 3. The minimum absolute atomic E-state index is 0. The Labute approximate surface area is 174 Å². The van der Waals surface area contributed by atoms with Gasteiger partial charge in [-0.25, -0.2) is 0 Å². The van der Waals surface area contributed by atoms with Gasteiger partial charge in [0.05, 0.1) is 5.69 Å². The molecule has 1 amide bonds. The fourth-order valence-electron chi connectivity index (χ4n) is 2.64. The average Bonchev–Trinajstić information content (AvgIpc) is 3.06. The van der Waals surface area contributed by atoms with Gasteiger partial charge in [0, 0.05) is 29.5 Å². The Bertz CT molecular complexity index is 993. The third-order valence-corrected chi connectivity index (χ3v) is 4.07. The second-order valence-electron chi connectivity index (χ2n) is 6.16. The number of nitrogens with two attached hydrogens (primary N) is 1. The smallest absolute Gasteiger partial charge is 0.398 e. The number of alkyl halides is 3. The molecule has 162 valence electrons. The fourth-order valence-corrected chi connectivity index (χ4v) is 2.64. The van der Waals surface area contributed by atoms with Crippen molar-refractivity contribution in [1.29, 1.82) is 0 Å². The minimum Gasteiger partial charge on any atom is -0.398 e. The Morgan fingerprint density at radius 2 is 1.67 bits per heavy atom. The largest absolute Gasteiger partial charge is 0.435 e. The van der Waals surface area contributed by atoms with Crippen molar-refractivity contribution in [3.8, 4) is 11.3 Å². The zero-order valence-electron chi connectivity index (χ0n) is 16.6. The number of aryl methyl sites for hydroxylation is 2. The van der Waals surface area contributed by atoms with E-state index >= 15 is 0 Å². The number of carbonyl (C=O) groups excluding carboxylic acids is 1. The molecule has 0 fully saturated rings. The molecule has 3 aromatic rings. The van der Waals surface area contributed by atoms with Crippen molar-refractivity contribution in [3.63, 3.8) is 0 Å². The topological polar surface area (TPSA) is 72.9 Å². The van der Waals surface area contributed by atoms with E-state index in [9.17, 15) is 18.0 Å². The summed E-state index contributed by atoms with van der Waals surface area (Å²) < 4.78 is 39.6. The predicted octanol–water partition coefficient (Wildman–Crippen LogP) is 5.91. The fraction of sp³-hybridized carbons (Fsp3) is 0.273. The van der Waals surface area contributed by atoms with Crippen LogP contribution in [-0.2, 0) is 13.2 Å². The lowest BCUT2D eigenvalue weighted by atomic mass is 10.1. The number of amides is 1. The summed E-state index contributed by atoms with van der Waals surface area (Å²) in [4.78, 5) is 12.3. The maximum absolute atomic E-state index is 12.8. The first-order valence-electron chi connectivity index (χ1n) is 9.04. The molecule has 0 radical (unpaired) electrons. The van der Waals surface area contributed by atoms with Crippen LogP contribution in [0.5, 0.6) is 0 Å². The van der Waals surface area contributed by atoms with Crippen LogP contribution < -0.4 is 11.1 Å². The number of nitrogen functional groups attached to an aromatic ring is 1. The van der Waals surface area contributed by atoms with Gasteiger partial charge in [-0.3, -0.25) is 9.48 Å². The van der Waals surface area contributed by atoms with E-state index < -0.39 is 11.9 Å². The van der Waals surface area contributed by atoms with Crippen molar-refractivity contribution < 1.29 is 18.0 Å². The molecule has 0 saturated carbocycles. The summed E-state index contributed by atoms with van der Waals surface area (Å²) in [6, 6.07) is 12.6. The van der Waals surface area contributed by atoms with Gasteiger partial charge in [0.15, 0.2) is 5.69 Å². The average molecular weight is 420 g/mol. The van der Waals surface area contributed by atoms with Crippen LogP contribution in [0.1, 0.15) is 42.9 Å². The molecule has 0 unspecified atom stereocenters. The third-order valence-electron chi connectivity index (χ3n) is 4.07. The van der Waals surface area contributed by atoms with Gasteiger partial charge in [0.1, 0.15) is 0 Å². The number of aromatic nitrogens is 2. The van der Waals surface area contributed by atoms with E-state index in [0.717, 1.165) is 16.3 Å². The molecule has 8 heteroatoms. The van der Waals surface area contributed by atoms with Crippen LogP contribution in [0.4, 0.5) is 24.5 Å². The number of carbonyl (C=O) groups is 1. The molecule has 1 heterocycles. The summed E-state index contributed by atoms with van der Waals surface area (Å²) in [5.41, 5.74) is 7.84. The highest BCUT2D eigenvalue weighted by molar-refractivity contribution is 6.04. The number of benzene rings is 2. The van der Waals surface area contributed by atoms with E-state index in [1.165, 1.54) is 13.1 Å². The van der Waals surface area contributed by atoms with Gasteiger partial charge >= 0.3 is 6.18 Å². The lowest BCUT2D eigenvalue weighted by molar-refractivity contribution is -0.141. The summed E-state index contributed by atoms with van der Waals surface area (Å²) in [6.45, 7) is 5.92. The number of hydrogen-bond acceptors (Lipinski definition) is 3. The molecule has 0 aliphatic rings. The molecule has 0 saturated heterocycles. The highest BCUT2D eigenvalue weighted by Crippen LogP contribution is 2.34. The predicted molar refractivity (Wildman–Crippen MR) is 115 cm³/mol. The number of nitrogens with zero attached hydrogens (tertiary/aromatic N) is 2. The lowest BCUT2D eigenvalue weighted by Crippen LogP contribution is -2.12. The van der Waals surface area contributed by atoms with Gasteiger partial charge in [0.25, 0.3) is 5.91 Å². The Morgan fingerprint density at radius 3 is 2.17 bits per heavy atom. The van der Waals surface area contributed by atoms with Gasteiger partial charge in [-0.15, -0.1) is 0 Å². The van der Waals surface area contributed by atoms with Crippen molar-refractivity contribution in [2.45, 2.75) is 34.4 Å². The van der Waals surface area contributed by atoms with Crippen molar-refractivity contribution in [2.75, 3.05) is 11.1 Å². The molecule has 0 spiro atoms. The summed E-state index contributed by atoms with van der Waals surface area (Å²) in [6.07, 6.45) is -4.53. The molecule has 3 rings (SSSR count). The van der Waals surface area contributed by atoms with Crippen LogP contribution in [0.15, 0.2) is 48.5 Å². The molecule has 0 aliphatic heterocycles. The minimum atomic E-state index is -4.53. The zero-order chi connectivity index (χ0) is 21.8.